The van der Waals surface area contributed by atoms with Gasteiger partial charge in [0, 0.05) is 22.1 Å². The van der Waals surface area contributed by atoms with E-state index in [1.54, 1.807) is 36.0 Å². The smallest absolute Gasteiger partial charge is 0.240 e. The quantitative estimate of drug-likeness (QED) is 0.481. The van der Waals surface area contributed by atoms with Crippen LogP contribution in [0.15, 0.2) is 58.5 Å². The van der Waals surface area contributed by atoms with Gasteiger partial charge in [0.05, 0.1) is 6.21 Å². The third kappa shape index (κ3) is 5.79. The number of nitrogens with one attached hydrogen (secondary N) is 1. The first-order valence-corrected chi connectivity index (χ1v) is 7.99. The van der Waals surface area contributed by atoms with Crippen LogP contribution in [0.3, 0.4) is 0 Å². The van der Waals surface area contributed by atoms with Gasteiger partial charge in [0.15, 0.2) is 0 Å². The van der Waals surface area contributed by atoms with E-state index in [4.69, 9.17) is 16.7 Å². The summed E-state index contributed by atoms with van der Waals surface area (Å²) in [6, 6.07) is 14.0. The zero-order valence-electron chi connectivity index (χ0n) is 11.7. The number of benzene rings is 2. The second-order valence-corrected chi connectivity index (χ2v) is 6.04. The highest BCUT2D eigenvalue weighted by Gasteiger charge is 2.01. The molecule has 0 spiro atoms. The summed E-state index contributed by atoms with van der Waals surface area (Å²) in [6.45, 7) is 0. The van der Waals surface area contributed by atoms with Crippen molar-refractivity contribution in [3.8, 4) is 5.75 Å². The van der Waals surface area contributed by atoms with E-state index in [2.05, 4.69) is 10.5 Å². The van der Waals surface area contributed by atoms with E-state index in [-0.39, 0.29) is 11.7 Å². The molecule has 0 aliphatic heterocycles. The molecule has 0 radical (unpaired) electrons. The topological polar surface area (TPSA) is 61.7 Å². The van der Waals surface area contributed by atoms with Gasteiger partial charge in [0.1, 0.15) is 5.75 Å². The lowest BCUT2D eigenvalue weighted by Crippen LogP contribution is -2.17. The number of amides is 1. The number of carbonyl (C=O) groups is 1. The average Bonchev–Trinajstić information content (AvgIpc) is 2.51. The van der Waals surface area contributed by atoms with Gasteiger partial charge < -0.3 is 5.11 Å². The fourth-order valence-electron chi connectivity index (χ4n) is 1.59. The zero-order valence-corrected chi connectivity index (χ0v) is 13.3. The van der Waals surface area contributed by atoms with E-state index in [0.29, 0.717) is 17.2 Å². The lowest BCUT2D eigenvalue weighted by Gasteiger charge is -2.01. The molecule has 0 unspecified atom stereocenters. The van der Waals surface area contributed by atoms with E-state index < -0.39 is 0 Å². The summed E-state index contributed by atoms with van der Waals surface area (Å²) in [7, 11) is 0. The number of hydrazone groups is 1. The summed E-state index contributed by atoms with van der Waals surface area (Å²) in [4.78, 5) is 12.7. The van der Waals surface area contributed by atoms with Crippen molar-refractivity contribution in [2.45, 2.75) is 11.3 Å². The van der Waals surface area contributed by atoms with Crippen LogP contribution in [0, 0.1) is 0 Å². The summed E-state index contributed by atoms with van der Waals surface area (Å²) in [5.41, 5.74) is 3.27. The first kappa shape index (κ1) is 16.4. The third-order valence-electron chi connectivity index (χ3n) is 2.71. The summed E-state index contributed by atoms with van der Waals surface area (Å²) >= 11 is 7.40. The largest absolute Gasteiger partial charge is 0.508 e. The van der Waals surface area contributed by atoms with Gasteiger partial charge >= 0.3 is 0 Å². The third-order valence-corrected chi connectivity index (χ3v) is 3.97. The van der Waals surface area contributed by atoms with Gasteiger partial charge in [-0.25, -0.2) is 5.43 Å². The molecule has 0 atom stereocenters. The maximum atomic E-state index is 11.6. The van der Waals surface area contributed by atoms with Crippen molar-refractivity contribution in [3.63, 3.8) is 0 Å². The van der Waals surface area contributed by atoms with Crippen LogP contribution >= 0.6 is 23.4 Å². The van der Waals surface area contributed by atoms with Crippen molar-refractivity contribution < 1.29 is 9.90 Å². The van der Waals surface area contributed by atoms with Gasteiger partial charge in [-0.3, -0.25) is 4.79 Å². The number of phenols is 1. The van der Waals surface area contributed by atoms with Crippen molar-refractivity contribution in [3.05, 3.63) is 59.1 Å². The molecular weight excluding hydrogens is 320 g/mol. The van der Waals surface area contributed by atoms with Crippen molar-refractivity contribution in [2.24, 2.45) is 5.10 Å². The van der Waals surface area contributed by atoms with Crippen molar-refractivity contribution in [1.29, 1.82) is 0 Å². The van der Waals surface area contributed by atoms with Gasteiger partial charge in [0.2, 0.25) is 5.91 Å². The fraction of sp³-hybridized carbons (Fsp3) is 0.125. The monoisotopic (exact) mass is 334 g/mol. The number of halogens is 1. The number of phenolic OH excluding ortho intramolecular Hbond substituents is 1. The first-order valence-electron chi connectivity index (χ1n) is 6.63. The number of hydrogen-bond donors (Lipinski definition) is 2. The molecule has 0 heterocycles. The Balaban J connectivity index is 1.69. The lowest BCUT2D eigenvalue weighted by molar-refractivity contribution is -0.120. The molecule has 0 fully saturated rings. The lowest BCUT2D eigenvalue weighted by atomic mass is 10.2. The molecule has 0 aliphatic carbocycles. The molecule has 0 aromatic heterocycles. The number of nitrogens with zero attached hydrogens (tertiary/aromatic N) is 1. The van der Waals surface area contributed by atoms with Crippen molar-refractivity contribution in [1.82, 2.24) is 5.43 Å². The molecule has 114 valence electrons. The van der Waals surface area contributed by atoms with E-state index in [1.807, 2.05) is 24.3 Å². The van der Waals surface area contributed by atoms with Crippen LogP contribution in [-0.2, 0) is 4.79 Å². The van der Waals surface area contributed by atoms with Crippen molar-refractivity contribution >= 4 is 35.5 Å². The Labute approximate surface area is 138 Å². The average molecular weight is 335 g/mol. The predicted octanol–water partition coefficient (Wildman–Crippen LogP) is 3.68. The molecule has 2 aromatic rings. The van der Waals surface area contributed by atoms with Gasteiger partial charge in [-0.2, -0.15) is 5.10 Å². The maximum Gasteiger partial charge on any atom is 0.240 e. The van der Waals surface area contributed by atoms with Crippen molar-refractivity contribution in [2.75, 3.05) is 5.75 Å². The highest BCUT2D eigenvalue weighted by Crippen LogP contribution is 2.20. The van der Waals surface area contributed by atoms with Gasteiger partial charge in [-0.05, 0) is 54.1 Å². The molecular formula is C16H15ClN2O2S. The SMILES string of the molecule is O=C(CCSc1ccc(Cl)cc1)N/N=C\c1ccc(O)cc1. The molecule has 0 bridgehead atoms. The molecule has 6 heteroatoms. The van der Waals surface area contributed by atoms with Crippen LogP contribution in [0.25, 0.3) is 0 Å². The number of aromatic hydroxyl groups is 1. The summed E-state index contributed by atoms with van der Waals surface area (Å²) in [6.07, 6.45) is 1.91. The van der Waals surface area contributed by atoms with Crippen LogP contribution in [0.2, 0.25) is 5.02 Å². The fourth-order valence-corrected chi connectivity index (χ4v) is 2.57. The number of hydrogen-bond acceptors (Lipinski definition) is 4. The number of thioether (sulfide) groups is 1. The minimum absolute atomic E-state index is 0.142. The number of rotatable bonds is 6. The van der Waals surface area contributed by atoms with Crippen LogP contribution < -0.4 is 5.43 Å². The molecule has 2 aromatic carbocycles. The molecule has 2 rings (SSSR count). The Kier molecular flexibility index (Phi) is 6.30. The van der Waals surface area contributed by atoms with Crippen LogP contribution in [0.1, 0.15) is 12.0 Å². The maximum absolute atomic E-state index is 11.6. The second kappa shape index (κ2) is 8.46. The van der Waals surface area contributed by atoms with Crippen LogP contribution in [-0.4, -0.2) is 23.0 Å². The number of carbonyl (C=O) groups excluding carboxylic acids is 1. The predicted molar refractivity (Wildman–Crippen MR) is 90.6 cm³/mol. The standard InChI is InChI=1S/C16H15ClN2O2S/c17-13-3-7-15(8-4-13)22-10-9-16(21)19-18-11-12-1-5-14(20)6-2-12/h1-8,11,20H,9-10H2,(H,19,21)/b18-11-. The molecule has 4 nitrogen and oxygen atoms in total. The molecule has 1 amide bonds. The Morgan fingerprint density at radius 1 is 1.18 bits per heavy atom. The summed E-state index contributed by atoms with van der Waals surface area (Å²) < 4.78 is 0. The molecule has 0 saturated carbocycles. The molecule has 0 saturated heterocycles. The van der Waals surface area contributed by atoms with E-state index in [9.17, 15) is 4.79 Å². The Morgan fingerprint density at radius 3 is 2.55 bits per heavy atom. The van der Waals surface area contributed by atoms with E-state index >= 15 is 0 Å². The van der Waals surface area contributed by atoms with Gasteiger partial charge in [-0.1, -0.05) is 11.6 Å². The Morgan fingerprint density at radius 2 is 1.86 bits per heavy atom. The van der Waals surface area contributed by atoms with Crippen LogP contribution in [0.4, 0.5) is 0 Å². The highest BCUT2D eigenvalue weighted by molar-refractivity contribution is 7.99. The second-order valence-electron chi connectivity index (χ2n) is 4.44. The molecule has 22 heavy (non-hydrogen) atoms. The van der Waals surface area contributed by atoms with Gasteiger partial charge in [0.25, 0.3) is 0 Å². The zero-order chi connectivity index (χ0) is 15.8. The minimum Gasteiger partial charge on any atom is -0.508 e. The van der Waals surface area contributed by atoms with Gasteiger partial charge in [-0.15, -0.1) is 11.8 Å². The highest BCUT2D eigenvalue weighted by atomic mass is 35.5. The minimum atomic E-state index is -0.142. The summed E-state index contributed by atoms with van der Waals surface area (Å²) in [5.74, 6) is 0.722. The normalized spacial score (nSPS) is 10.8. The van der Waals surface area contributed by atoms with E-state index in [1.165, 1.54) is 6.21 Å². The molecule has 0 aliphatic rings. The summed E-state index contributed by atoms with van der Waals surface area (Å²) in [5, 5.41) is 13.7. The molecule has 2 N–H and O–H groups in total. The Bertz CT molecular complexity index is 642. The van der Waals surface area contributed by atoms with Crippen LogP contribution in [0.5, 0.6) is 5.75 Å². The first-order chi connectivity index (χ1) is 10.6. The van der Waals surface area contributed by atoms with E-state index in [0.717, 1.165) is 10.5 Å². The Hall–Kier alpha value is -1.98.